The van der Waals surface area contributed by atoms with Crippen LogP contribution in [0.25, 0.3) is 33.2 Å². The van der Waals surface area contributed by atoms with E-state index in [9.17, 15) is 4.39 Å². The molecular formula is C32H33FN6O. The van der Waals surface area contributed by atoms with E-state index < -0.39 is 0 Å². The Kier molecular flexibility index (Phi) is 8.26. The summed E-state index contributed by atoms with van der Waals surface area (Å²) in [5.74, 6) is 0.0883. The first kappa shape index (κ1) is 27.1. The summed E-state index contributed by atoms with van der Waals surface area (Å²) in [6.07, 6.45) is 10.1. The van der Waals surface area contributed by atoms with Gasteiger partial charge in [-0.1, -0.05) is 13.8 Å². The van der Waals surface area contributed by atoms with Crippen LogP contribution in [-0.4, -0.2) is 45.8 Å². The maximum atomic E-state index is 14.4. The van der Waals surface area contributed by atoms with Gasteiger partial charge in [-0.25, -0.2) is 4.39 Å². The molecule has 0 aliphatic heterocycles. The number of pyridine rings is 3. The van der Waals surface area contributed by atoms with Crippen LogP contribution in [0.4, 0.5) is 4.39 Å². The number of benzene rings is 1. The number of aromatic amines is 1. The van der Waals surface area contributed by atoms with Crippen molar-refractivity contribution in [3.05, 3.63) is 95.7 Å². The standard InChI is InChI=1S/C32H33FN6O/c1-5-7-37-32(27-11-24(17-38-20(27)3)23-8-21(14-34-6-2)15-35-16-23)30-13-28-29(18-36-19-31(28)39-30)22-9-25(33)12-26(10-22)40-4/h8-13,15-19,34,39H,5-7,14H2,1-4H3. The summed E-state index contributed by atoms with van der Waals surface area (Å²) in [5.41, 5.74) is 8.92. The second kappa shape index (κ2) is 12.2. The summed E-state index contributed by atoms with van der Waals surface area (Å²) in [7, 11) is 1.53. The minimum Gasteiger partial charge on any atom is -0.497 e. The fraction of sp³-hybridized carbons (Fsp3) is 0.250. The van der Waals surface area contributed by atoms with Crippen molar-refractivity contribution in [2.75, 3.05) is 20.2 Å². The van der Waals surface area contributed by atoms with Gasteiger partial charge in [0.2, 0.25) is 0 Å². The van der Waals surface area contributed by atoms with E-state index in [4.69, 9.17) is 14.7 Å². The van der Waals surface area contributed by atoms with Crippen LogP contribution in [0.15, 0.2) is 72.4 Å². The highest BCUT2D eigenvalue weighted by Crippen LogP contribution is 2.32. The van der Waals surface area contributed by atoms with E-state index >= 15 is 0 Å². The molecule has 0 radical (unpaired) electrons. The maximum absolute atomic E-state index is 14.4. The number of aliphatic imine (C=N–C) groups is 1. The molecule has 8 heteroatoms. The second-order valence-corrected chi connectivity index (χ2v) is 9.66. The number of H-pyrrole nitrogens is 1. The molecule has 0 atom stereocenters. The maximum Gasteiger partial charge on any atom is 0.127 e. The smallest absolute Gasteiger partial charge is 0.127 e. The number of halogens is 1. The van der Waals surface area contributed by atoms with Crippen LogP contribution >= 0.6 is 0 Å². The molecule has 0 amide bonds. The van der Waals surface area contributed by atoms with E-state index in [1.165, 1.54) is 19.2 Å². The van der Waals surface area contributed by atoms with E-state index in [0.717, 1.165) is 75.3 Å². The molecular weight excluding hydrogens is 503 g/mol. The summed E-state index contributed by atoms with van der Waals surface area (Å²) in [5, 5.41) is 4.27. The number of aromatic nitrogens is 4. The number of hydrogen-bond acceptors (Lipinski definition) is 6. The lowest BCUT2D eigenvalue weighted by Gasteiger charge is -2.12. The topological polar surface area (TPSA) is 88.1 Å². The lowest BCUT2D eigenvalue weighted by atomic mass is 9.99. The lowest BCUT2D eigenvalue weighted by molar-refractivity contribution is 0.411. The molecule has 40 heavy (non-hydrogen) atoms. The van der Waals surface area contributed by atoms with E-state index in [1.807, 2.05) is 31.6 Å². The van der Waals surface area contributed by atoms with Crippen molar-refractivity contribution < 1.29 is 9.13 Å². The molecule has 4 aromatic heterocycles. The minimum absolute atomic E-state index is 0.366. The summed E-state index contributed by atoms with van der Waals surface area (Å²) in [4.78, 5) is 22.1. The fourth-order valence-electron chi connectivity index (χ4n) is 4.73. The molecule has 0 saturated carbocycles. The van der Waals surface area contributed by atoms with E-state index in [-0.39, 0.29) is 5.82 Å². The van der Waals surface area contributed by atoms with Crippen LogP contribution in [0, 0.1) is 12.7 Å². The zero-order valence-electron chi connectivity index (χ0n) is 23.3. The Hall–Kier alpha value is -4.43. The molecule has 0 unspecified atom stereocenters. The number of ether oxygens (including phenoxy) is 1. The highest BCUT2D eigenvalue weighted by Gasteiger charge is 2.17. The fourth-order valence-corrected chi connectivity index (χ4v) is 4.73. The normalized spacial score (nSPS) is 11.8. The molecule has 0 aliphatic rings. The van der Waals surface area contributed by atoms with Crippen molar-refractivity contribution in [3.63, 3.8) is 0 Å². The quantitative estimate of drug-likeness (QED) is 0.199. The SMILES string of the molecule is CCCN=C(c1cc2c(-c3cc(F)cc(OC)c3)cncc2[nH]1)c1cc(-c2cncc(CNCC)c2)cnc1C. The van der Waals surface area contributed by atoms with Gasteiger partial charge in [-0.3, -0.25) is 19.9 Å². The van der Waals surface area contributed by atoms with Gasteiger partial charge in [0.1, 0.15) is 11.6 Å². The van der Waals surface area contributed by atoms with Crippen LogP contribution in [0.1, 0.15) is 42.8 Å². The van der Waals surface area contributed by atoms with Gasteiger partial charge in [0.25, 0.3) is 0 Å². The Morgan fingerprint density at radius 3 is 2.58 bits per heavy atom. The Morgan fingerprint density at radius 2 is 1.77 bits per heavy atom. The van der Waals surface area contributed by atoms with Crippen LogP contribution in [0.2, 0.25) is 0 Å². The molecule has 0 fully saturated rings. The van der Waals surface area contributed by atoms with Crippen LogP contribution in [-0.2, 0) is 6.54 Å². The zero-order valence-corrected chi connectivity index (χ0v) is 23.3. The Morgan fingerprint density at radius 1 is 0.950 bits per heavy atom. The number of hydrogen-bond donors (Lipinski definition) is 2. The Labute approximate surface area is 233 Å². The molecule has 5 rings (SSSR count). The molecule has 204 valence electrons. The van der Waals surface area contributed by atoms with Gasteiger partial charge in [0.15, 0.2) is 0 Å². The van der Waals surface area contributed by atoms with E-state index in [2.05, 4.69) is 52.3 Å². The van der Waals surface area contributed by atoms with Gasteiger partial charge in [-0.2, -0.15) is 0 Å². The molecule has 0 bridgehead atoms. The molecule has 5 aromatic rings. The van der Waals surface area contributed by atoms with Crippen molar-refractivity contribution >= 4 is 16.6 Å². The third-order valence-electron chi connectivity index (χ3n) is 6.76. The molecule has 0 aliphatic carbocycles. The monoisotopic (exact) mass is 536 g/mol. The number of aryl methyl sites for hydroxylation is 1. The zero-order chi connectivity index (χ0) is 28.1. The van der Waals surface area contributed by atoms with Crippen molar-refractivity contribution in [2.24, 2.45) is 4.99 Å². The van der Waals surface area contributed by atoms with Gasteiger partial charge >= 0.3 is 0 Å². The largest absolute Gasteiger partial charge is 0.497 e. The average Bonchev–Trinajstić information content (AvgIpc) is 3.41. The number of nitrogens with one attached hydrogen (secondary N) is 2. The van der Waals surface area contributed by atoms with Crippen molar-refractivity contribution in [2.45, 2.75) is 33.7 Å². The first-order valence-corrected chi connectivity index (χ1v) is 13.5. The van der Waals surface area contributed by atoms with Crippen LogP contribution < -0.4 is 10.1 Å². The van der Waals surface area contributed by atoms with Crippen LogP contribution in [0.3, 0.4) is 0 Å². The van der Waals surface area contributed by atoms with Gasteiger partial charge in [0.05, 0.1) is 30.2 Å². The third-order valence-corrected chi connectivity index (χ3v) is 6.76. The summed E-state index contributed by atoms with van der Waals surface area (Å²) < 4.78 is 19.7. The predicted octanol–water partition coefficient (Wildman–Crippen LogP) is 6.50. The highest BCUT2D eigenvalue weighted by atomic mass is 19.1. The minimum atomic E-state index is -0.366. The number of methoxy groups -OCH3 is 1. The van der Waals surface area contributed by atoms with Crippen molar-refractivity contribution in [3.8, 4) is 28.0 Å². The Bertz CT molecular complexity index is 1680. The van der Waals surface area contributed by atoms with Gasteiger partial charge in [-0.05, 0) is 61.3 Å². The number of fused-ring (bicyclic) bond motifs is 1. The van der Waals surface area contributed by atoms with Crippen molar-refractivity contribution in [1.82, 2.24) is 25.3 Å². The Balaban J connectivity index is 1.61. The van der Waals surface area contributed by atoms with E-state index in [0.29, 0.717) is 17.9 Å². The number of nitrogens with zero attached hydrogens (tertiary/aromatic N) is 4. The molecule has 4 heterocycles. The van der Waals surface area contributed by atoms with Gasteiger partial charge < -0.3 is 15.0 Å². The van der Waals surface area contributed by atoms with Crippen LogP contribution in [0.5, 0.6) is 5.75 Å². The molecule has 1 aromatic carbocycles. The van der Waals surface area contributed by atoms with E-state index in [1.54, 1.807) is 12.4 Å². The van der Waals surface area contributed by atoms with Gasteiger partial charge in [0, 0.05) is 77.3 Å². The first-order valence-electron chi connectivity index (χ1n) is 13.5. The molecule has 0 saturated heterocycles. The second-order valence-electron chi connectivity index (χ2n) is 9.66. The highest BCUT2D eigenvalue weighted by molar-refractivity contribution is 6.15. The van der Waals surface area contributed by atoms with Crippen molar-refractivity contribution in [1.29, 1.82) is 0 Å². The summed E-state index contributed by atoms with van der Waals surface area (Å²) in [6, 6.07) is 11.0. The summed E-state index contributed by atoms with van der Waals surface area (Å²) in [6.45, 7) is 8.51. The third kappa shape index (κ3) is 5.77. The molecule has 7 nitrogen and oxygen atoms in total. The average molecular weight is 537 g/mol. The first-order chi connectivity index (χ1) is 19.5. The number of rotatable bonds is 10. The summed E-state index contributed by atoms with van der Waals surface area (Å²) >= 11 is 0. The molecule has 2 N–H and O–H groups in total. The lowest BCUT2D eigenvalue weighted by Crippen LogP contribution is -2.12. The predicted molar refractivity (Wildman–Crippen MR) is 158 cm³/mol. The molecule has 0 spiro atoms. The van der Waals surface area contributed by atoms with Gasteiger partial charge in [-0.15, -0.1) is 0 Å².